The number of likely N-dealkylation sites (tertiary alicyclic amines) is 1. The average molecular weight is 316 g/mol. The van der Waals surface area contributed by atoms with Gasteiger partial charge in [-0.25, -0.2) is 4.98 Å². The topological polar surface area (TPSA) is 58.7 Å². The normalized spacial score (nSPS) is 18.4. The van der Waals surface area contributed by atoms with Gasteiger partial charge < -0.3 is 14.3 Å². The zero-order chi connectivity index (χ0) is 16.1. The highest BCUT2D eigenvalue weighted by Gasteiger charge is 2.24. The third-order valence-electron chi connectivity index (χ3n) is 4.45. The van der Waals surface area contributed by atoms with Crippen molar-refractivity contribution in [3.05, 3.63) is 36.2 Å². The van der Waals surface area contributed by atoms with E-state index in [1.54, 1.807) is 13.4 Å². The lowest BCUT2D eigenvalue weighted by Crippen LogP contribution is -2.29. The number of aliphatic hydroxyl groups excluding tert-OH is 1. The minimum absolute atomic E-state index is 0.274. The van der Waals surface area contributed by atoms with Crippen molar-refractivity contribution in [3.63, 3.8) is 0 Å². The molecule has 0 spiro atoms. The second kappa shape index (κ2) is 7.62. The fourth-order valence-electron chi connectivity index (χ4n) is 3.21. The van der Waals surface area contributed by atoms with E-state index in [0.29, 0.717) is 11.9 Å². The second-order valence-electron chi connectivity index (χ2n) is 6.00. The third kappa shape index (κ3) is 3.92. The number of oxazole rings is 1. The molecule has 1 N–H and O–H groups in total. The second-order valence-corrected chi connectivity index (χ2v) is 6.00. The largest absolute Gasteiger partial charge is 0.497 e. The molecule has 1 fully saturated rings. The summed E-state index contributed by atoms with van der Waals surface area (Å²) in [6.07, 6.45) is 6.11. The summed E-state index contributed by atoms with van der Waals surface area (Å²) in [6.45, 7) is 2.19. The van der Waals surface area contributed by atoms with Gasteiger partial charge in [0.05, 0.1) is 12.8 Å². The Morgan fingerprint density at radius 3 is 2.91 bits per heavy atom. The molecule has 1 saturated heterocycles. The summed E-state index contributed by atoms with van der Waals surface area (Å²) in [4.78, 5) is 7.07. The molecule has 1 unspecified atom stereocenters. The Balaban J connectivity index is 1.64. The van der Waals surface area contributed by atoms with E-state index in [1.807, 2.05) is 24.3 Å². The Labute approximate surface area is 136 Å². The molecule has 1 aromatic heterocycles. The minimum atomic E-state index is 0.274. The third-order valence-corrected chi connectivity index (χ3v) is 4.45. The molecule has 0 radical (unpaired) electrons. The Morgan fingerprint density at radius 2 is 2.17 bits per heavy atom. The summed E-state index contributed by atoms with van der Waals surface area (Å²) in [5.41, 5.74) is 1.92. The van der Waals surface area contributed by atoms with Gasteiger partial charge in [-0.3, -0.25) is 4.90 Å². The maximum Gasteiger partial charge on any atom is 0.226 e. The van der Waals surface area contributed by atoms with Crippen molar-refractivity contribution in [2.24, 2.45) is 0 Å². The number of methoxy groups -OCH3 is 1. The molecule has 3 rings (SSSR count). The number of rotatable bonds is 7. The zero-order valence-electron chi connectivity index (χ0n) is 13.6. The van der Waals surface area contributed by atoms with Crippen LogP contribution >= 0.6 is 0 Å². The number of benzene rings is 1. The van der Waals surface area contributed by atoms with Gasteiger partial charge in [0, 0.05) is 24.8 Å². The van der Waals surface area contributed by atoms with Crippen molar-refractivity contribution in [1.82, 2.24) is 9.88 Å². The highest BCUT2D eigenvalue weighted by Crippen LogP contribution is 2.25. The van der Waals surface area contributed by atoms with Crippen LogP contribution in [0.4, 0.5) is 0 Å². The summed E-state index contributed by atoms with van der Waals surface area (Å²) < 4.78 is 10.8. The van der Waals surface area contributed by atoms with E-state index < -0.39 is 0 Å². The average Bonchev–Trinajstić information content (AvgIpc) is 3.23. The maximum atomic E-state index is 9.01. The van der Waals surface area contributed by atoms with Crippen LogP contribution < -0.4 is 4.74 Å². The first-order valence-electron chi connectivity index (χ1n) is 8.24. The highest BCUT2D eigenvalue weighted by molar-refractivity contribution is 5.54. The van der Waals surface area contributed by atoms with Crippen molar-refractivity contribution in [3.8, 4) is 17.2 Å². The van der Waals surface area contributed by atoms with Crippen molar-refractivity contribution >= 4 is 0 Å². The van der Waals surface area contributed by atoms with Gasteiger partial charge in [-0.05, 0) is 56.5 Å². The van der Waals surface area contributed by atoms with Gasteiger partial charge in [-0.2, -0.15) is 0 Å². The van der Waals surface area contributed by atoms with Crippen LogP contribution in [0.2, 0.25) is 0 Å². The molecule has 2 aromatic rings. The van der Waals surface area contributed by atoms with Crippen molar-refractivity contribution in [1.29, 1.82) is 0 Å². The predicted molar refractivity (Wildman–Crippen MR) is 88.2 cm³/mol. The van der Waals surface area contributed by atoms with Crippen molar-refractivity contribution in [2.75, 3.05) is 20.3 Å². The first-order valence-corrected chi connectivity index (χ1v) is 8.24. The van der Waals surface area contributed by atoms with Crippen LogP contribution in [0.1, 0.15) is 31.4 Å². The molecule has 23 heavy (non-hydrogen) atoms. The van der Waals surface area contributed by atoms with E-state index in [-0.39, 0.29) is 6.61 Å². The Hall–Kier alpha value is -1.85. The van der Waals surface area contributed by atoms with Gasteiger partial charge in [0.2, 0.25) is 5.89 Å². The molecule has 0 amide bonds. The molecule has 2 heterocycles. The number of aliphatic hydroxyl groups is 1. The smallest absolute Gasteiger partial charge is 0.226 e. The van der Waals surface area contributed by atoms with Gasteiger partial charge in [0.15, 0.2) is 0 Å². The molecule has 0 bridgehead atoms. The highest BCUT2D eigenvalue weighted by atomic mass is 16.5. The quantitative estimate of drug-likeness (QED) is 0.850. The van der Waals surface area contributed by atoms with Crippen LogP contribution in [-0.2, 0) is 6.54 Å². The first kappa shape index (κ1) is 16.0. The molecule has 0 aliphatic carbocycles. The summed E-state index contributed by atoms with van der Waals surface area (Å²) in [6, 6.07) is 8.28. The van der Waals surface area contributed by atoms with E-state index in [1.165, 1.54) is 12.8 Å². The first-order chi connectivity index (χ1) is 11.3. The van der Waals surface area contributed by atoms with Gasteiger partial charge in [-0.15, -0.1) is 0 Å². The number of hydrogen-bond acceptors (Lipinski definition) is 5. The standard InChI is InChI=1S/C18H24N2O3/c1-22-17-8-6-14(7-9-17)18-19-15(13-23-18)12-20-10-2-4-16(20)5-3-11-21/h6-9,13,16,21H,2-5,10-12H2,1H3. The van der Waals surface area contributed by atoms with Gasteiger partial charge >= 0.3 is 0 Å². The van der Waals surface area contributed by atoms with Crippen LogP contribution in [-0.4, -0.2) is 41.3 Å². The van der Waals surface area contributed by atoms with E-state index in [9.17, 15) is 0 Å². The molecule has 1 atom stereocenters. The van der Waals surface area contributed by atoms with Crippen LogP contribution in [0.15, 0.2) is 34.9 Å². The van der Waals surface area contributed by atoms with Crippen molar-refractivity contribution in [2.45, 2.75) is 38.3 Å². The molecule has 5 heteroatoms. The predicted octanol–water partition coefficient (Wildman–Crippen LogP) is 3.09. The monoisotopic (exact) mass is 316 g/mol. The summed E-state index contributed by atoms with van der Waals surface area (Å²) >= 11 is 0. The van der Waals surface area contributed by atoms with Gasteiger partial charge in [0.1, 0.15) is 12.0 Å². The Kier molecular flexibility index (Phi) is 5.31. The molecule has 5 nitrogen and oxygen atoms in total. The van der Waals surface area contributed by atoms with Crippen LogP contribution in [0.25, 0.3) is 11.5 Å². The SMILES string of the molecule is COc1ccc(-c2nc(CN3CCCC3CCCO)co2)cc1. The number of ether oxygens (including phenoxy) is 1. The van der Waals surface area contributed by atoms with E-state index in [4.69, 9.17) is 14.3 Å². The van der Waals surface area contributed by atoms with E-state index in [0.717, 1.165) is 42.9 Å². The molecule has 1 aromatic carbocycles. The maximum absolute atomic E-state index is 9.01. The Morgan fingerprint density at radius 1 is 1.35 bits per heavy atom. The minimum Gasteiger partial charge on any atom is -0.497 e. The van der Waals surface area contributed by atoms with E-state index in [2.05, 4.69) is 9.88 Å². The lowest BCUT2D eigenvalue weighted by molar-refractivity contribution is 0.208. The Bertz CT molecular complexity index is 609. The molecule has 1 aliphatic heterocycles. The molecular weight excluding hydrogens is 292 g/mol. The number of aromatic nitrogens is 1. The van der Waals surface area contributed by atoms with Crippen LogP contribution in [0, 0.1) is 0 Å². The summed E-state index contributed by atoms with van der Waals surface area (Å²) in [7, 11) is 1.65. The summed E-state index contributed by atoms with van der Waals surface area (Å²) in [5.74, 6) is 1.47. The lowest BCUT2D eigenvalue weighted by Gasteiger charge is -2.22. The lowest BCUT2D eigenvalue weighted by atomic mass is 10.1. The number of hydrogen-bond donors (Lipinski definition) is 1. The number of nitrogens with zero attached hydrogens (tertiary/aromatic N) is 2. The molecular formula is C18H24N2O3. The van der Waals surface area contributed by atoms with E-state index >= 15 is 0 Å². The fraction of sp³-hybridized carbons (Fsp3) is 0.500. The fourth-order valence-corrected chi connectivity index (χ4v) is 3.21. The molecule has 0 saturated carbocycles. The molecule has 124 valence electrons. The molecule has 1 aliphatic rings. The van der Waals surface area contributed by atoms with Crippen molar-refractivity contribution < 1.29 is 14.3 Å². The zero-order valence-corrected chi connectivity index (χ0v) is 13.6. The van der Waals surface area contributed by atoms with Crippen LogP contribution in [0.5, 0.6) is 5.75 Å². The van der Waals surface area contributed by atoms with Crippen LogP contribution in [0.3, 0.4) is 0 Å². The van der Waals surface area contributed by atoms with Gasteiger partial charge in [0.25, 0.3) is 0 Å². The van der Waals surface area contributed by atoms with Gasteiger partial charge in [-0.1, -0.05) is 0 Å². The summed E-state index contributed by atoms with van der Waals surface area (Å²) in [5, 5.41) is 9.01.